The summed E-state index contributed by atoms with van der Waals surface area (Å²) in [7, 11) is 0. The molecule has 0 aliphatic carbocycles. The van der Waals surface area contributed by atoms with E-state index in [1.807, 2.05) is 13.8 Å². The Balaban J connectivity index is 1.99. The third-order valence-electron chi connectivity index (χ3n) is 4.06. The van der Waals surface area contributed by atoms with Gasteiger partial charge in [0.2, 0.25) is 0 Å². The van der Waals surface area contributed by atoms with E-state index in [1.54, 1.807) is 14.7 Å². The van der Waals surface area contributed by atoms with Crippen LogP contribution in [0.15, 0.2) is 18.2 Å². The van der Waals surface area contributed by atoms with Gasteiger partial charge in [0, 0.05) is 39.3 Å². The zero-order valence-electron chi connectivity index (χ0n) is 13.9. The summed E-state index contributed by atoms with van der Waals surface area (Å²) in [6, 6.07) is 4.34. The number of aromatic carboxylic acids is 1. The van der Waals surface area contributed by atoms with Crippen molar-refractivity contribution in [3.8, 4) is 0 Å². The predicted octanol–water partition coefficient (Wildman–Crippen LogP) is 0.999. The second kappa shape index (κ2) is 7.76. The lowest BCUT2D eigenvalue weighted by molar-refractivity contribution is 0.0634. The van der Waals surface area contributed by atoms with E-state index in [2.05, 4.69) is 4.98 Å². The number of hydrogen-bond acceptors (Lipinski definition) is 4. The molecule has 1 aliphatic rings. The molecule has 0 radical (unpaired) electrons. The molecule has 1 aromatic heterocycles. The van der Waals surface area contributed by atoms with Crippen molar-refractivity contribution in [1.29, 1.82) is 0 Å². The van der Waals surface area contributed by atoms with E-state index in [0.29, 0.717) is 39.3 Å². The first kappa shape index (κ1) is 17.7. The van der Waals surface area contributed by atoms with E-state index in [4.69, 9.17) is 5.11 Å². The van der Waals surface area contributed by atoms with Gasteiger partial charge in [-0.2, -0.15) is 0 Å². The molecular weight excluding hydrogens is 312 g/mol. The smallest absolute Gasteiger partial charge is 0.354 e. The van der Waals surface area contributed by atoms with Gasteiger partial charge in [-0.1, -0.05) is 6.07 Å². The number of aromatic nitrogens is 1. The van der Waals surface area contributed by atoms with Crippen molar-refractivity contribution in [2.24, 2.45) is 0 Å². The van der Waals surface area contributed by atoms with Gasteiger partial charge in [0.25, 0.3) is 5.91 Å². The highest BCUT2D eigenvalue weighted by atomic mass is 16.4. The minimum Gasteiger partial charge on any atom is -0.477 e. The Bertz CT molecular complexity index is 622. The Morgan fingerprint density at radius 3 is 2.12 bits per heavy atom. The van der Waals surface area contributed by atoms with Crippen LogP contribution >= 0.6 is 0 Å². The summed E-state index contributed by atoms with van der Waals surface area (Å²) in [4.78, 5) is 44.7. The number of piperazine rings is 1. The van der Waals surface area contributed by atoms with Crippen LogP contribution in [-0.2, 0) is 0 Å². The number of carboxylic acid groups (broad SMARTS) is 1. The van der Waals surface area contributed by atoms with E-state index < -0.39 is 5.97 Å². The second-order valence-corrected chi connectivity index (χ2v) is 5.45. The maximum atomic E-state index is 12.5. The average Bonchev–Trinajstić information content (AvgIpc) is 2.62. The van der Waals surface area contributed by atoms with Gasteiger partial charge in [0.05, 0.1) is 0 Å². The van der Waals surface area contributed by atoms with Crippen LogP contribution in [0.5, 0.6) is 0 Å². The number of rotatable bonds is 4. The molecule has 1 saturated heterocycles. The summed E-state index contributed by atoms with van der Waals surface area (Å²) in [6.45, 7) is 6.90. The lowest BCUT2D eigenvalue weighted by atomic mass is 10.2. The Labute approximate surface area is 140 Å². The van der Waals surface area contributed by atoms with Crippen molar-refractivity contribution in [2.45, 2.75) is 13.8 Å². The third-order valence-corrected chi connectivity index (χ3v) is 4.06. The SMILES string of the molecule is CCN(CC)C(=O)N1CCN(C(=O)c2cccc(C(=O)O)n2)CC1. The van der Waals surface area contributed by atoms with E-state index >= 15 is 0 Å². The highest BCUT2D eigenvalue weighted by Gasteiger charge is 2.27. The van der Waals surface area contributed by atoms with Crippen LogP contribution in [0.2, 0.25) is 0 Å². The topological polar surface area (TPSA) is 94.1 Å². The molecule has 24 heavy (non-hydrogen) atoms. The maximum absolute atomic E-state index is 12.5. The fraction of sp³-hybridized carbons (Fsp3) is 0.500. The first-order valence-corrected chi connectivity index (χ1v) is 8.01. The number of carboxylic acids is 1. The van der Waals surface area contributed by atoms with Crippen molar-refractivity contribution >= 4 is 17.9 Å². The Hall–Kier alpha value is -2.64. The van der Waals surface area contributed by atoms with Crippen molar-refractivity contribution in [2.75, 3.05) is 39.3 Å². The van der Waals surface area contributed by atoms with Gasteiger partial charge >= 0.3 is 12.0 Å². The second-order valence-electron chi connectivity index (χ2n) is 5.45. The number of carbonyl (C=O) groups excluding carboxylic acids is 2. The first-order valence-electron chi connectivity index (χ1n) is 8.01. The molecular formula is C16H22N4O4. The van der Waals surface area contributed by atoms with E-state index in [0.717, 1.165) is 0 Å². The van der Waals surface area contributed by atoms with Crippen LogP contribution in [0, 0.1) is 0 Å². The summed E-state index contributed by atoms with van der Waals surface area (Å²) in [6.07, 6.45) is 0. The molecule has 0 spiro atoms. The first-order chi connectivity index (χ1) is 11.5. The lowest BCUT2D eigenvalue weighted by Gasteiger charge is -2.37. The number of urea groups is 1. The van der Waals surface area contributed by atoms with Gasteiger partial charge in [-0.05, 0) is 26.0 Å². The standard InChI is InChI=1S/C16H22N4O4/c1-3-18(4-2)16(24)20-10-8-19(9-11-20)14(21)12-6-5-7-13(17-12)15(22)23/h5-7H,3-4,8-11H2,1-2H3,(H,22,23). The summed E-state index contributed by atoms with van der Waals surface area (Å²) < 4.78 is 0. The minimum atomic E-state index is -1.17. The van der Waals surface area contributed by atoms with E-state index in [-0.39, 0.29) is 23.3 Å². The monoisotopic (exact) mass is 334 g/mol. The fourth-order valence-corrected chi connectivity index (χ4v) is 2.63. The zero-order valence-corrected chi connectivity index (χ0v) is 13.9. The number of nitrogens with zero attached hydrogens (tertiary/aromatic N) is 4. The van der Waals surface area contributed by atoms with Crippen LogP contribution in [-0.4, -0.2) is 82.0 Å². The summed E-state index contributed by atoms with van der Waals surface area (Å²) in [5.41, 5.74) is -0.0467. The van der Waals surface area contributed by atoms with Crippen molar-refractivity contribution in [1.82, 2.24) is 19.7 Å². The third kappa shape index (κ3) is 3.81. The highest BCUT2D eigenvalue weighted by Crippen LogP contribution is 2.10. The van der Waals surface area contributed by atoms with Gasteiger partial charge in [0.1, 0.15) is 11.4 Å². The number of amides is 3. The van der Waals surface area contributed by atoms with Gasteiger partial charge in [-0.25, -0.2) is 14.6 Å². The summed E-state index contributed by atoms with van der Waals surface area (Å²) in [5, 5.41) is 8.96. The fourth-order valence-electron chi connectivity index (χ4n) is 2.63. The molecule has 1 fully saturated rings. The molecule has 0 bridgehead atoms. The van der Waals surface area contributed by atoms with Crippen LogP contribution in [0.25, 0.3) is 0 Å². The van der Waals surface area contributed by atoms with Crippen LogP contribution < -0.4 is 0 Å². The van der Waals surface area contributed by atoms with Crippen molar-refractivity contribution in [3.05, 3.63) is 29.6 Å². The molecule has 0 atom stereocenters. The maximum Gasteiger partial charge on any atom is 0.354 e. The Kier molecular flexibility index (Phi) is 5.73. The molecule has 1 aliphatic heterocycles. The highest BCUT2D eigenvalue weighted by molar-refractivity contribution is 5.94. The normalized spacial score (nSPS) is 14.4. The van der Waals surface area contributed by atoms with E-state index in [9.17, 15) is 14.4 Å². The number of carbonyl (C=O) groups is 3. The number of hydrogen-bond donors (Lipinski definition) is 1. The number of pyridine rings is 1. The largest absolute Gasteiger partial charge is 0.477 e. The van der Waals surface area contributed by atoms with Crippen molar-refractivity contribution in [3.63, 3.8) is 0 Å². The molecule has 8 heteroatoms. The Morgan fingerprint density at radius 2 is 1.58 bits per heavy atom. The molecule has 8 nitrogen and oxygen atoms in total. The molecule has 0 unspecified atom stereocenters. The zero-order chi connectivity index (χ0) is 17.7. The van der Waals surface area contributed by atoms with E-state index in [1.165, 1.54) is 18.2 Å². The molecule has 1 N–H and O–H groups in total. The molecule has 1 aromatic rings. The summed E-state index contributed by atoms with van der Waals surface area (Å²) in [5.74, 6) is -1.48. The molecule has 3 amide bonds. The van der Waals surface area contributed by atoms with Gasteiger partial charge < -0.3 is 19.8 Å². The Morgan fingerprint density at radius 1 is 1.04 bits per heavy atom. The van der Waals surface area contributed by atoms with Crippen LogP contribution in [0.3, 0.4) is 0 Å². The summed E-state index contributed by atoms with van der Waals surface area (Å²) >= 11 is 0. The van der Waals surface area contributed by atoms with Crippen LogP contribution in [0.1, 0.15) is 34.8 Å². The van der Waals surface area contributed by atoms with Gasteiger partial charge in [0.15, 0.2) is 0 Å². The lowest BCUT2D eigenvalue weighted by Crippen LogP contribution is -2.54. The molecule has 2 rings (SSSR count). The molecule has 0 aromatic carbocycles. The molecule has 0 saturated carbocycles. The average molecular weight is 334 g/mol. The van der Waals surface area contributed by atoms with Crippen LogP contribution in [0.4, 0.5) is 4.79 Å². The van der Waals surface area contributed by atoms with Gasteiger partial charge in [-0.3, -0.25) is 4.79 Å². The molecule has 2 heterocycles. The van der Waals surface area contributed by atoms with Crippen molar-refractivity contribution < 1.29 is 19.5 Å². The quantitative estimate of drug-likeness (QED) is 0.886. The molecule has 130 valence electrons. The predicted molar refractivity (Wildman–Crippen MR) is 87.0 cm³/mol. The minimum absolute atomic E-state index is 0.0156. The van der Waals surface area contributed by atoms with Gasteiger partial charge in [-0.15, -0.1) is 0 Å².